The van der Waals surface area contributed by atoms with Crippen molar-refractivity contribution < 1.29 is 24.5 Å². The molecule has 1 N–H and O–H groups in total. The summed E-state index contributed by atoms with van der Waals surface area (Å²) in [6.07, 6.45) is 0. The van der Waals surface area contributed by atoms with E-state index in [0.29, 0.717) is 16.6 Å². The first-order valence-corrected chi connectivity index (χ1v) is 8.20. The maximum Gasteiger partial charge on any atom is 0.326 e. The van der Waals surface area contributed by atoms with E-state index in [9.17, 15) is 19.8 Å². The molecule has 8 heteroatoms. The van der Waals surface area contributed by atoms with Gasteiger partial charge in [0, 0.05) is 5.39 Å². The second-order valence-electron chi connectivity index (χ2n) is 5.61. The van der Waals surface area contributed by atoms with Crippen LogP contribution in [-0.4, -0.2) is 28.2 Å². The molecule has 0 aliphatic rings. The number of rotatable bonds is 6. The van der Waals surface area contributed by atoms with Crippen LogP contribution in [0.4, 0.5) is 11.4 Å². The van der Waals surface area contributed by atoms with E-state index in [1.807, 2.05) is 0 Å². The van der Waals surface area contributed by atoms with Gasteiger partial charge in [0.25, 0.3) is 0 Å². The fourth-order valence-corrected chi connectivity index (χ4v) is 2.64. The number of carbonyl (C=O) groups excluding carboxylic acids is 2. The summed E-state index contributed by atoms with van der Waals surface area (Å²) >= 11 is 0. The Bertz CT molecular complexity index is 1020. The van der Waals surface area contributed by atoms with Gasteiger partial charge in [-0.05, 0) is 30.7 Å². The highest BCUT2D eigenvalue weighted by Gasteiger charge is 2.18. The second-order valence-corrected chi connectivity index (χ2v) is 5.61. The molecule has 3 rings (SSSR count). The molecule has 0 spiro atoms. The zero-order chi connectivity index (χ0) is 19.4. The van der Waals surface area contributed by atoms with Gasteiger partial charge in [-0.15, -0.1) is 5.11 Å². The van der Waals surface area contributed by atoms with Gasteiger partial charge < -0.3 is 19.7 Å². The Hall–Kier alpha value is -3.68. The zero-order valence-corrected chi connectivity index (χ0v) is 14.5. The molecule has 138 valence electrons. The van der Waals surface area contributed by atoms with E-state index < -0.39 is 11.9 Å². The summed E-state index contributed by atoms with van der Waals surface area (Å²) in [5.41, 5.74) is 1.26. The maximum atomic E-state index is 11.8. The number of para-hydroxylation sites is 1. The van der Waals surface area contributed by atoms with Crippen molar-refractivity contribution in [1.82, 2.24) is 4.57 Å². The number of carboxylic acids is 1. The monoisotopic (exact) mass is 366 g/mol. The van der Waals surface area contributed by atoms with Crippen LogP contribution in [0.5, 0.6) is 5.88 Å². The molecular weight excluding hydrogens is 350 g/mol. The Labute approximate surface area is 154 Å². The molecule has 2 aromatic carbocycles. The summed E-state index contributed by atoms with van der Waals surface area (Å²) in [7, 11) is 0. The lowest BCUT2D eigenvalue weighted by Crippen LogP contribution is -2.21. The van der Waals surface area contributed by atoms with Gasteiger partial charge >= 0.3 is 5.97 Å². The third-order valence-corrected chi connectivity index (χ3v) is 3.88. The molecule has 27 heavy (non-hydrogen) atoms. The third-order valence-electron chi connectivity index (χ3n) is 3.88. The Morgan fingerprint density at radius 3 is 2.48 bits per heavy atom. The van der Waals surface area contributed by atoms with Gasteiger partial charge in [0.1, 0.15) is 6.54 Å². The van der Waals surface area contributed by atoms with Gasteiger partial charge in [-0.2, -0.15) is 5.11 Å². The molecule has 0 saturated carbocycles. The van der Waals surface area contributed by atoms with E-state index in [-0.39, 0.29) is 30.3 Å². The summed E-state index contributed by atoms with van der Waals surface area (Å²) in [6.45, 7) is 1.79. The summed E-state index contributed by atoms with van der Waals surface area (Å²) in [5.74, 6) is -1.97. The van der Waals surface area contributed by atoms with Gasteiger partial charge in [0.2, 0.25) is 5.88 Å². The van der Waals surface area contributed by atoms with E-state index in [2.05, 4.69) is 10.2 Å². The number of hydrogen-bond acceptors (Lipinski definition) is 7. The van der Waals surface area contributed by atoms with Crippen LogP contribution in [0.1, 0.15) is 17.3 Å². The highest BCUT2D eigenvalue weighted by atomic mass is 16.5. The number of azo groups is 1. The predicted molar refractivity (Wildman–Crippen MR) is 95.2 cm³/mol. The lowest BCUT2D eigenvalue weighted by atomic mass is 10.2. The minimum absolute atomic E-state index is 0.0304. The molecule has 0 aliphatic carbocycles. The number of carbonyl (C=O) groups is 2. The normalized spacial score (nSPS) is 11.1. The van der Waals surface area contributed by atoms with Crippen LogP contribution in [-0.2, 0) is 16.1 Å². The number of esters is 1. The van der Waals surface area contributed by atoms with E-state index in [0.717, 1.165) is 0 Å². The van der Waals surface area contributed by atoms with Crippen LogP contribution >= 0.6 is 0 Å². The largest absolute Gasteiger partial charge is 0.545 e. The van der Waals surface area contributed by atoms with Gasteiger partial charge in [-0.1, -0.05) is 30.3 Å². The Morgan fingerprint density at radius 1 is 1.11 bits per heavy atom. The van der Waals surface area contributed by atoms with Crippen molar-refractivity contribution in [3.63, 3.8) is 0 Å². The van der Waals surface area contributed by atoms with Crippen LogP contribution in [0.3, 0.4) is 0 Å². The SMILES string of the molecule is CCOC(=O)Cn1c(O)c(N=Nc2ccc(C(=O)[O-])cc2)c2ccccc21. The number of carboxylic acid groups (broad SMARTS) is 1. The summed E-state index contributed by atoms with van der Waals surface area (Å²) in [4.78, 5) is 22.6. The lowest BCUT2D eigenvalue weighted by molar-refractivity contribution is -0.255. The van der Waals surface area contributed by atoms with Crippen LogP contribution in [0.25, 0.3) is 10.9 Å². The first-order valence-electron chi connectivity index (χ1n) is 8.20. The highest BCUT2D eigenvalue weighted by molar-refractivity contribution is 5.95. The van der Waals surface area contributed by atoms with Gasteiger partial charge in [-0.25, -0.2) is 0 Å². The number of aromatic nitrogens is 1. The molecule has 0 bridgehead atoms. The van der Waals surface area contributed by atoms with Gasteiger partial charge in [-0.3, -0.25) is 9.36 Å². The van der Waals surface area contributed by atoms with E-state index >= 15 is 0 Å². The van der Waals surface area contributed by atoms with Crippen LogP contribution < -0.4 is 5.11 Å². The van der Waals surface area contributed by atoms with E-state index in [1.165, 1.54) is 28.8 Å². The Balaban J connectivity index is 1.97. The first-order chi connectivity index (χ1) is 13.0. The van der Waals surface area contributed by atoms with Crippen molar-refractivity contribution in [3.8, 4) is 5.88 Å². The second kappa shape index (κ2) is 7.69. The fourth-order valence-electron chi connectivity index (χ4n) is 2.64. The van der Waals surface area contributed by atoms with Crippen molar-refractivity contribution in [2.45, 2.75) is 13.5 Å². The molecule has 0 atom stereocenters. The zero-order valence-electron chi connectivity index (χ0n) is 14.5. The van der Waals surface area contributed by atoms with Crippen LogP contribution in [0.15, 0.2) is 58.8 Å². The topological polar surface area (TPSA) is 116 Å². The standard InChI is InChI=1S/C19H17N3O5/c1-2-27-16(23)11-22-15-6-4-3-5-14(15)17(18(22)24)21-20-13-9-7-12(8-10-13)19(25)26/h3-10,24H,2,11H2,1H3,(H,25,26)/p-1. The van der Waals surface area contributed by atoms with E-state index in [1.54, 1.807) is 31.2 Å². The van der Waals surface area contributed by atoms with Crippen molar-refractivity contribution in [3.05, 3.63) is 54.1 Å². The molecule has 0 saturated heterocycles. The molecule has 0 radical (unpaired) electrons. The van der Waals surface area contributed by atoms with Crippen molar-refractivity contribution in [1.29, 1.82) is 0 Å². The summed E-state index contributed by atoms with van der Waals surface area (Å²) < 4.78 is 6.34. The van der Waals surface area contributed by atoms with Crippen molar-refractivity contribution in [2.24, 2.45) is 10.2 Å². The molecule has 8 nitrogen and oxygen atoms in total. The quantitative estimate of drug-likeness (QED) is 0.532. The highest BCUT2D eigenvalue weighted by Crippen LogP contribution is 2.39. The molecule has 1 aromatic heterocycles. The minimum atomic E-state index is -1.28. The summed E-state index contributed by atoms with van der Waals surface area (Å²) in [5, 5.41) is 30.1. The predicted octanol–water partition coefficient (Wildman–Crippen LogP) is 2.69. The molecule has 0 aliphatic heterocycles. The number of ether oxygens (including phenoxy) is 1. The third kappa shape index (κ3) is 3.79. The van der Waals surface area contributed by atoms with E-state index in [4.69, 9.17) is 4.74 Å². The Morgan fingerprint density at radius 2 is 1.81 bits per heavy atom. The molecular formula is C19H16N3O5-. The summed E-state index contributed by atoms with van der Waals surface area (Å²) in [6, 6.07) is 12.7. The minimum Gasteiger partial charge on any atom is -0.545 e. The number of aromatic hydroxyl groups is 1. The number of benzene rings is 2. The van der Waals surface area contributed by atoms with Gasteiger partial charge in [0.05, 0.1) is 23.8 Å². The average molecular weight is 366 g/mol. The fraction of sp³-hybridized carbons (Fsp3) is 0.158. The number of nitrogens with zero attached hydrogens (tertiary/aromatic N) is 3. The average Bonchev–Trinajstić information content (AvgIpc) is 2.92. The molecule has 0 amide bonds. The van der Waals surface area contributed by atoms with Crippen molar-refractivity contribution >= 4 is 34.2 Å². The number of hydrogen-bond donors (Lipinski definition) is 1. The van der Waals surface area contributed by atoms with Gasteiger partial charge in [0.15, 0.2) is 5.69 Å². The molecule has 3 aromatic rings. The number of fused-ring (bicyclic) bond motifs is 1. The molecule has 0 fully saturated rings. The molecule has 0 unspecified atom stereocenters. The first kappa shape index (κ1) is 18.1. The Kier molecular flexibility index (Phi) is 5.16. The maximum absolute atomic E-state index is 11.8. The van der Waals surface area contributed by atoms with Crippen LogP contribution in [0.2, 0.25) is 0 Å². The number of aromatic carboxylic acids is 1. The van der Waals surface area contributed by atoms with Crippen molar-refractivity contribution in [2.75, 3.05) is 6.61 Å². The molecule has 1 heterocycles. The lowest BCUT2D eigenvalue weighted by Gasteiger charge is -2.06. The van der Waals surface area contributed by atoms with Crippen LogP contribution in [0, 0.1) is 0 Å². The smallest absolute Gasteiger partial charge is 0.326 e.